The van der Waals surface area contributed by atoms with Gasteiger partial charge in [-0.3, -0.25) is 4.79 Å². The number of benzene rings is 1. The van der Waals surface area contributed by atoms with Crippen LogP contribution >= 0.6 is 0 Å². The second kappa shape index (κ2) is 8.41. The van der Waals surface area contributed by atoms with Gasteiger partial charge in [-0.05, 0) is 36.8 Å². The molecular weight excluding hydrogens is 351 g/mol. The standard InChI is InChI=1S/C17H18F3N3O3/c1-11(15(24)21-10-14-3-2-8-26-14)23-16(25)22-9-12-4-6-13(7-5-12)17(18,19)20/h2-8,11H,9-10H2,1H3,(H,21,24)(H2,22,23,25)/t11-/m1/s1. The van der Waals surface area contributed by atoms with Crippen molar-refractivity contribution >= 4 is 11.9 Å². The molecule has 3 amide bonds. The number of hydrogen-bond acceptors (Lipinski definition) is 3. The van der Waals surface area contributed by atoms with Gasteiger partial charge in [-0.2, -0.15) is 13.2 Å². The van der Waals surface area contributed by atoms with E-state index in [1.54, 1.807) is 12.1 Å². The molecular formula is C17H18F3N3O3. The monoisotopic (exact) mass is 369 g/mol. The predicted octanol–water partition coefficient (Wildman–Crippen LogP) is 2.80. The molecule has 0 aliphatic heterocycles. The molecule has 0 bridgehead atoms. The minimum Gasteiger partial charge on any atom is -0.467 e. The van der Waals surface area contributed by atoms with Crippen LogP contribution in [-0.2, 0) is 24.1 Å². The molecule has 140 valence electrons. The number of carbonyl (C=O) groups is 2. The molecule has 6 nitrogen and oxygen atoms in total. The lowest BCUT2D eigenvalue weighted by molar-refractivity contribution is -0.137. The Morgan fingerprint density at radius 3 is 2.35 bits per heavy atom. The Kier molecular flexibility index (Phi) is 6.26. The van der Waals surface area contributed by atoms with Crippen LogP contribution < -0.4 is 16.0 Å². The van der Waals surface area contributed by atoms with Crippen molar-refractivity contribution in [1.29, 1.82) is 0 Å². The van der Waals surface area contributed by atoms with Crippen LogP contribution in [0.3, 0.4) is 0 Å². The molecule has 0 saturated heterocycles. The van der Waals surface area contributed by atoms with Crippen molar-refractivity contribution in [2.45, 2.75) is 32.2 Å². The third kappa shape index (κ3) is 5.83. The maximum atomic E-state index is 12.5. The van der Waals surface area contributed by atoms with E-state index in [1.807, 2.05) is 0 Å². The van der Waals surface area contributed by atoms with E-state index in [2.05, 4.69) is 16.0 Å². The summed E-state index contributed by atoms with van der Waals surface area (Å²) in [4.78, 5) is 23.7. The smallest absolute Gasteiger partial charge is 0.416 e. The average Bonchev–Trinajstić information content (AvgIpc) is 3.11. The Morgan fingerprint density at radius 1 is 1.08 bits per heavy atom. The Labute approximate surface area is 147 Å². The fourth-order valence-corrected chi connectivity index (χ4v) is 2.05. The topological polar surface area (TPSA) is 83.4 Å². The van der Waals surface area contributed by atoms with Crippen molar-refractivity contribution in [3.63, 3.8) is 0 Å². The molecule has 2 rings (SSSR count). The average molecular weight is 369 g/mol. The highest BCUT2D eigenvalue weighted by atomic mass is 19.4. The lowest BCUT2D eigenvalue weighted by Gasteiger charge is -2.14. The van der Waals surface area contributed by atoms with Gasteiger partial charge in [0, 0.05) is 6.54 Å². The molecule has 26 heavy (non-hydrogen) atoms. The van der Waals surface area contributed by atoms with Crippen LogP contribution in [0.2, 0.25) is 0 Å². The fraction of sp³-hybridized carbons (Fsp3) is 0.294. The molecule has 0 aliphatic carbocycles. The molecule has 0 spiro atoms. The first-order valence-electron chi connectivity index (χ1n) is 7.76. The van der Waals surface area contributed by atoms with E-state index in [0.29, 0.717) is 11.3 Å². The zero-order valence-corrected chi connectivity index (χ0v) is 13.9. The summed E-state index contributed by atoms with van der Waals surface area (Å²) < 4.78 is 42.5. The first-order chi connectivity index (χ1) is 12.3. The first kappa shape index (κ1) is 19.4. The van der Waals surface area contributed by atoms with E-state index in [1.165, 1.54) is 25.3 Å². The molecule has 0 aliphatic rings. The number of halogens is 3. The van der Waals surface area contributed by atoms with Gasteiger partial charge < -0.3 is 20.4 Å². The summed E-state index contributed by atoms with van der Waals surface area (Å²) in [7, 11) is 0. The summed E-state index contributed by atoms with van der Waals surface area (Å²) in [6.07, 6.45) is -2.92. The minimum atomic E-state index is -4.40. The minimum absolute atomic E-state index is 0.0324. The lowest BCUT2D eigenvalue weighted by atomic mass is 10.1. The Hall–Kier alpha value is -2.97. The van der Waals surface area contributed by atoms with Crippen LogP contribution in [-0.4, -0.2) is 18.0 Å². The summed E-state index contributed by atoms with van der Waals surface area (Å²) in [5.74, 6) is 0.184. The van der Waals surface area contributed by atoms with Crippen molar-refractivity contribution in [2.75, 3.05) is 0 Å². The second-order valence-electron chi connectivity index (χ2n) is 5.54. The van der Waals surface area contributed by atoms with Gasteiger partial charge in [0.15, 0.2) is 0 Å². The van der Waals surface area contributed by atoms with Crippen molar-refractivity contribution < 1.29 is 27.2 Å². The summed E-state index contributed by atoms with van der Waals surface area (Å²) in [6.45, 7) is 1.74. The molecule has 9 heteroatoms. The summed E-state index contributed by atoms with van der Waals surface area (Å²) in [5.41, 5.74) is -0.254. The molecule has 1 aromatic carbocycles. The van der Waals surface area contributed by atoms with E-state index >= 15 is 0 Å². The zero-order chi connectivity index (χ0) is 19.2. The van der Waals surface area contributed by atoms with Gasteiger partial charge in [0.25, 0.3) is 0 Å². The maximum Gasteiger partial charge on any atom is 0.416 e. The van der Waals surface area contributed by atoms with E-state index in [-0.39, 0.29) is 13.1 Å². The fourth-order valence-electron chi connectivity index (χ4n) is 2.05. The molecule has 0 saturated carbocycles. The number of hydrogen-bond donors (Lipinski definition) is 3. The van der Waals surface area contributed by atoms with E-state index in [4.69, 9.17) is 4.42 Å². The van der Waals surface area contributed by atoms with Gasteiger partial charge in [-0.15, -0.1) is 0 Å². The largest absolute Gasteiger partial charge is 0.467 e. The third-order valence-electron chi connectivity index (χ3n) is 3.49. The Morgan fingerprint density at radius 2 is 1.77 bits per heavy atom. The van der Waals surface area contributed by atoms with Gasteiger partial charge in [0.1, 0.15) is 11.8 Å². The first-order valence-corrected chi connectivity index (χ1v) is 7.76. The quantitative estimate of drug-likeness (QED) is 0.732. The number of nitrogens with one attached hydrogen (secondary N) is 3. The summed E-state index contributed by atoms with van der Waals surface area (Å²) in [6, 6.07) is 6.44. The van der Waals surface area contributed by atoms with Crippen molar-refractivity contribution in [3.8, 4) is 0 Å². The van der Waals surface area contributed by atoms with Gasteiger partial charge >= 0.3 is 12.2 Å². The van der Waals surface area contributed by atoms with Crippen LogP contribution in [0, 0.1) is 0 Å². The molecule has 2 aromatic rings. The maximum absolute atomic E-state index is 12.5. The second-order valence-corrected chi connectivity index (χ2v) is 5.54. The van der Waals surface area contributed by atoms with Crippen LogP contribution in [0.4, 0.5) is 18.0 Å². The highest BCUT2D eigenvalue weighted by molar-refractivity contribution is 5.86. The number of furan rings is 1. The lowest BCUT2D eigenvalue weighted by Crippen LogP contribution is -2.48. The normalized spacial score (nSPS) is 12.3. The zero-order valence-electron chi connectivity index (χ0n) is 13.9. The molecule has 0 unspecified atom stereocenters. The molecule has 1 heterocycles. The predicted molar refractivity (Wildman–Crippen MR) is 86.8 cm³/mol. The van der Waals surface area contributed by atoms with Crippen LogP contribution in [0.25, 0.3) is 0 Å². The summed E-state index contributed by atoms with van der Waals surface area (Å²) in [5, 5.41) is 7.53. The molecule has 0 fully saturated rings. The van der Waals surface area contributed by atoms with Crippen LogP contribution in [0.15, 0.2) is 47.1 Å². The number of urea groups is 1. The molecule has 1 atom stereocenters. The SMILES string of the molecule is C[C@@H](NC(=O)NCc1ccc(C(F)(F)F)cc1)C(=O)NCc1ccco1. The highest BCUT2D eigenvalue weighted by Gasteiger charge is 2.29. The molecule has 3 N–H and O–H groups in total. The van der Waals surface area contributed by atoms with Crippen LogP contribution in [0.1, 0.15) is 23.8 Å². The molecule has 0 radical (unpaired) electrons. The number of rotatable bonds is 6. The summed E-state index contributed by atoms with van der Waals surface area (Å²) >= 11 is 0. The molecule has 1 aromatic heterocycles. The Balaban J connectivity index is 1.74. The van der Waals surface area contributed by atoms with Gasteiger partial charge in [0.2, 0.25) is 5.91 Å². The van der Waals surface area contributed by atoms with Gasteiger partial charge in [-0.25, -0.2) is 4.79 Å². The van der Waals surface area contributed by atoms with Gasteiger partial charge in [0.05, 0.1) is 18.4 Å². The van der Waals surface area contributed by atoms with Crippen LogP contribution in [0.5, 0.6) is 0 Å². The highest BCUT2D eigenvalue weighted by Crippen LogP contribution is 2.28. The number of carbonyl (C=O) groups excluding carboxylic acids is 2. The Bertz CT molecular complexity index is 728. The van der Waals surface area contributed by atoms with Crippen molar-refractivity contribution in [1.82, 2.24) is 16.0 Å². The van der Waals surface area contributed by atoms with Crippen molar-refractivity contribution in [3.05, 3.63) is 59.5 Å². The van der Waals surface area contributed by atoms with E-state index < -0.39 is 29.7 Å². The van der Waals surface area contributed by atoms with E-state index in [0.717, 1.165) is 12.1 Å². The van der Waals surface area contributed by atoms with Gasteiger partial charge in [-0.1, -0.05) is 12.1 Å². The van der Waals surface area contributed by atoms with Crippen molar-refractivity contribution in [2.24, 2.45) is 0 Å². The van der Waals surface area contributed by atoms with E-state index in [9.17, 15) is 22.8 Å². The number of amides is 3. The third-order valence-corrected chi connectivity index (χ3v) is 3.49. The number of alkyl halides is 3.